The predicted molar refractivity (Wildman–Crippen MR) is 60.0 cm³/mol. The molecule has 0 saturated heterocycles. The zero-order valence-electron chi connectivity index (χ0n) is 4.63. The van der Waals surface area contributed by atoms with Crippen LogP contribution in [0.1, 0.15) is 0 Å². The topological polar surface area (TPSA) is 26.0 Å². The van der Waals surface area contributed by atoms with Gasteiger partial charge >= 0.3 is 0 Å². The Bertz CT molecular complexity index is 48.5. The van der Waals surface area contributed by atoms with Gasteiger partial charge in [0, 0.05) is 7.45 Å². The van der Waals surface area contributed by atoms with Gasteiger partial charge in [0.15, 0.2) is 0 Å². The molecule has 0 spiro atoms. The van der Waals surface area contributed by atoms with Gasteiger partial charge in [0.1, 0.15) is 0 Å². The molecular formula is CH11NP6. The Morgan fingerprint density at radius 1 is 1.62 bits per heavy atom. The summed E-state index contributed by atoms with van der Waals surface area (Å²) < 4.78 is 0. The molecule has 0 aliphatic rings. The van der Waals surface area contributed by atoms with Crippen LogP contribution < -0.4 is 5.50 Å². The van der Waals surface area contributed by atoms with Crippen molar-refractivity contribution in [2.75, 3.05) is 6.66 Å². The standard InChI is InChI=1S/CH11NP6/c1-5-8(4)7(2)6-3/h5-6H,2-4H2,1H3. The number of rotatable bonds is 3. The van der Waals surface area contributed by atoms with E-state index in [1.165, 1.54) is 0 Å². The van der Waals surface area contributed by atoms with E-state index in [1.54, 1.807) is 0 Å². The fourth-order valence-electron chi connectivity index (χ4n) is 0.170. The second kappa shape index (κ2) is 6.26. The molecule has 0 heterocycles. The van der Waals surface area contributed by atoms with Gasteiger partial charge in [0.2, 0.25) is 0 Å². The van der Waals surface area contributed by atoms with Crippen LogP contribution in [-0.2, 0) is 0 Å². The number of hydrogen-bond acceptors (Lipinski definition) is 1. The van der Waals surface area contributed by atoms with E-state index in [4.69, 9.17) is 5.50 Å². The lowest BCUT2D eigenvalue weighted by Gasteiger charge is -2.14. The first-order valence-electron chi connectivity index (χ1n) is 1.95. The van der Waals surface area contributed by atoms with Crippen molar-refractivity contribution in [2.45, 2.75) is 0 Å². The highest BCUT2D eigenvalue weighted by molar-refractivity contribution is 8.88. The summed E-state index contributed by atoms with van der Waals surface area (Å²) >= 11 is 0. The Kier molecular flexibility index (Phi) is 8.25. The molecule has 0 aromatic heterocycles. The van der Waals surface area contributed by atoms with E-state index in [0.29, 0.717) is 0 Å². The Morgan fingerprint density at radius 3 is 2.25 bits per heavy atom. The van der Waals surface area contributed by atoms with E-state index >= 15 is 0 Å². The van der Waals surface area contributed by atoms with Crippen molar-refractivity contribution in [3.05, 3.63) is 0 Å². The Hall–Kier alpha value is 2.54. The maximum atomic E-state index is 5.80. The van der Waals surface area contributed by atoms with Gasteiger partial charge in [-0.3, -0.25) is 0 Å². The molecule has 8 heavy (non-hydrogen) atoms. The summed E-state index contributed by atoms with van der Waals surface area (Å²) in [5.74, 6) is 0. The summed E-state index contributed by atoms with van der Waals surface area (Å²) in [6.45, 7) is 2.37. The van der Waals surface area contributed by atoms with Crippen molar-refractivity contribution in [1.82, 2.24) is 0 Å². The lowest BCUT2D eigenvalue weighted by atomic mass is 12.0. The first kappa shape index (κ1) is 10.5. The average Bonchev–Trinajstić information content (AvgIpc) is 1.84. The molecule has 0 bridgehead atoms. The lowest BCUT2D eigenvalue weighted by molar-refractivity contribution is 2.04. The summed E-state index contributed by atoms with van der Waals surface area (Å²) in [5.41, 5.74) is 5.80. The minimum absolute atomic E-state index is 0.109. The monoisotopic (exact) mass is 223 g/mol. The zero-order valence-corrected chi connectivity index (χ0v) is 10.7. The SMILES string of the molecule is CPP(P)P(N)PP. The molecule has 0 fully saturated rings. The molecule has 0 radical (unpaired) electrons. The fraction of sp³-hybridized carbons (Fsp3) is 1.00. The average molecular weight is 223 g/mol. The maximum absolute atomic E-state index is 5.80. The summed E-state index contributed by atoms with van der Waals surface area (Å²) in [6.07, 6.45) is 0. The molecule has 0 rings (SSSR count). The molecule has 0 aliphatic heterocycles. The second-order valence-electron chi connectivity index (χ2n) is 1.04. The molecule has 0 saturated carbocycles. The van der Waals surface area contributed by atoms with Gasteiger partial charge in [0.25, 0.3) is 0 Å². The summed E-state index contributed by atoms with van der Waals surface area (Å²) in [5, 5.41) is 0. The fourth-order valence-corrected chi connectivity index (χ4v) is 20.7. The predicted octanol–water partition coefficient (Wildman–Crippen LogP) is 3.14. The quantitative estimate of drug-likeness (QED) is 0.730. The van der Waals surface area contributed by atoms with Crippen LogP contribution >= 0.6 is 48.5 Å². The van der Waals surface area contributed by atoms with E-state index in [-0.39, 0.29) is 14.4 Å². The van der Waals surface area contributed by atoms with Crippen molar-refractivity contribution >= 4 is 48.5 Å². The van der Waals surface area contributed by atoms with Crippen molar-refractivity contribution in [1.29, 1.82) is 0 Å². The molecule has 0 amide bonds. The van der Waals surface area contributed by atoms with E-state index in [1.807, 2.05) is 0 Å². The largest absolute Gasteiger partial charge is 0.302 e. The molecule has 1 nitrogen and oxygen atoms in total. The van der Waals surface area contributed by atoms with Crippen LogP contribution in [0.15, 0.2) is 0 Å². The normalized spacial score (nSPS) is 21.0. The molecule has 6 unspecified atom stereocenters. The Balaban J connectivity index is 3.29. The van der Waals surface area contributed by atoms with Gasteiger partial charge in [-0.1, -0.05) is 16.2 Å². The van der Waals surface area contributed by atoms with Crippen molar-refractivity contribution in [2.24, 2.45) is 5.50 Å². The third-order valence-electron chi connectivity index (χ3n) is 0.594. The van der Waals surface area contributed by atoms with Crippen molar-refractivity contribution < 1.29 is 0 Å². The molecule has 2 N–H and O–H groups in total. The highest BCUT2D eigenvalue weighted by Crippen LogP contribution is 2.87. The lowest BCUT2D eigenvalue weighted by Crippen LogP contribution is -1.69. The zero-order chi connectivity index (χ0) is 6.57. The summed E-state index contributed by atoms with van der Waals surface area (Å²) in [6, 6.07) is 0. The Labute approximate surface area is 61.1 Å². The molecule has 0 aromatic rings. The van der Waals surface area contributed by atoms with Gasteiger partial charge < -0.3 is 5.50 Å². The van der Waals surface area contributed by atoms with E-state index in [2.05, 4.69) is 24.5 Å². The van der Waals surface area contributed by atoms with Gasteiger partial charge in [-0.15, -0.1) is 17.9 Å². The minimum Gasteiger partial charge on any atom is -0.302 e. The summed E-state index contributed by atoms with van der Waals surface area (Å²) in [4.78, 5) is 0. The molecule has 50 valence electrons. The minimum atomic E-state index is -0.109. The van der Waals surface area contributed by atoms with Crippen LogP contribution in [0.2, 0.25) is 0 Å². The van der Waals surface area contributed by atoms with Gasteiger partial charge in [-0.25, -0.2) is 0 Å². The van der Waals surface area contributed by atoms with Crippen LogP contribution in [0.4, 0.5) is 0 Å². The van der Waals surface area contributed by atoms with Crippen LogP contribution in [-0.4, -0.2) is 6.66 Å². The Morgan fingerprint density at radius 2 is 2.12 bits per heavy atom. The van der Waals surface area contributed by atoms with Crippen molar-refractivity contribution in [3.63, 3.8) is 0 Å². The van der Waals surface area contributed by atoms with E-state index < -0.39 is 0 Å². The van der Waals surface area contributed by atoms with Gasteiger partial charge in [-0.2, -0.15) is 0 Å². The van der Waals surface area contributed by atoms with E-state index in [0.717, 1.165) is 16.2 Å². The number of nitrogens with two attached hydrogens (primary N) is 1. The first-order chi connectivity index (χ1) is 3.72. The summed E-state index contributed by atoms with van der Waals surface area (Å²) in [7, 11) is 7.43. The third-order valence-corrected chi connectivity index (χ3v) is 25.0. The maximum Gasteiger partial charge on any atom is 0.0181 e. The third kappa shape index (κ3) is 4.37. The highest BCUT2D eigenvalue weighted by Gasteiger charge is 2.05. The molecule has 6 atom stereocenters. The smallest absolute Gasteiger partial charge is 0.0181 e. The molecule has 0 aliphatic carbocycles. The van der Waals surface area contributed by atoms with Crippen LogP contribution in [0.5, 0.6) is 0 Å². The van der Waals surface area contributed by atoms with Crippen LogP contribution in [0.25, 0.3) is 0 Å². The number of hydrogen-bond donors (Lipinski definition) is 1. The van der Waals surface area contributed by atoms with Gasteiger partial charge in [0.05, 0.1) is 0 Å². The second-order valence-corrected chi connectivity index (χ2v) is 19.7. The van der Waals surface area contributed by atoms with E-state index in [9.17, 15) is 0 Å². The molecule has 0 aromatic carbocycles. The molecule has 7 heteroatoms. The van der Waals surface area contributed by atoms with Crippen molar-refractivity contribution in [3.8, 4) is 0 Å². The van der Waals surface area contributed by atoms with Crippen LogP contribution in [0.3, 0.4) is 0 Å². The molecular weight excluding hydrogens is 212 g/mol. The van der Waals surface area contributed by atoms with Gasteiger partial charge in [-0.05, 0) is 13.7 Å². The first-order valence-corrected chi connectivity index (χ1v) is 13.0. The van der Waals surface area contributed by atoms with Crippen LogP contribution in [0, 0.1) is 0 Å². The highest BCUT2D eigenvalue weighted by atomic mass is 32.9.